The molecule has 1 N–H and O–H groups in total. The number of aromatic amines is 1. The van der Waals surface area contributed by atoms with E-state index in [1.165, 1.54) is 16.8 Å². The van der Waals surface area contributed by atoms with Gasteiger partial charge in [-0.3, -0.25) is 4.79 Å². The lowest BCUT2D eigenvalue weighted by Gasteiger charge is -2.37. The molecule has 1 aliphatic heterocycles. The number of amides is 1. The zero-order chi connectivity index (χ0) is 16.4. The lowest BCUT2D eigenvalue weighted by Crippen LogP contribution is -2.49. The number of anilines is 1. The van der Waals surface area contributed by atoms with E-state index >= 15 is 0 Å². The SMILES string of the molecule is Cc1cccc(N2CCN(C(=O)c3c[nH]c(C#N)c3)CC2)c1C. The van der Waals surface area contributed by atoms with Gasteiger partial charge >= 0.3 is 0 Å². The van der Waals surface area contributed by atoms with Crippen LogP contribution < -0.4 is 4.90 Å². The van der Waals surface area contributed by atoms with Gasteiger partial charge in [0, 0.05) is 38.1 Å². The van der Waals surface area contributed by atoms with Gasteiger partial charge in [-0.25, -0.2) is 0 Å². The molecule has 5 heteroatoms. The van der Waals surface area contributed by atoms with Crippen molar-refractivity contribution in [3.8, 4) is 6.07 Å². The quantitative estimate of drug-likeness (QED) is 0.927. The van der Waals surface area contributed by atoms with Crippen LogP contribution in [0.3, 0.4) is 0 Å². The average Bonchev–Trinajstić information content (AvgIpc) is 3.06. The Hall–Kier alpha value is -2.74. The third kappa shape index (κ3) is 2.93. The number of carbonyl (C=O) groups excluding carboxylic acids is 1. The summed E-state index contributed by atoms with van der Waals surface area (Å²) in [5.41, 5.74) is 4.82. The molecule has 0 bridgehead atoms. The van der Waals surface area contributed by atoms with Gasteiger partial charge in [0.1, 0.15) is 11.8 Å². The first-order valence-corrected chi connectivity index (χ1v) is 7.79. The van der Waals surface area contributed by atoms with Crippen LogP contribution in [0.15, 0.2) is 30.5 Å². The predicted octanol–water partition coefficient (Wildman–Crippen LogP) is 2.47. The number of piperazine rings is 1. The second-order valence-electron chi connectivity index (χ2n) is 5.91. The van der Waals surface area contributed by atoms with Crippen molar-refractivity contribution in [1.82, 2.24) is 9.88 Å². The van der Waals surface area contributed by atoms with Crippen LogP contribution in [-0.4, -0.2) is 42.0 Å². The molecule has 0 saturated carbocycles. The Labute approximate surface area is 136 Å². The monoisotopic (exact) mass is 308 g/mol. The van der Waals surface area contributed by atoms with E-state index in [0.717, 1.165) is 13.1 Å². The number of hydrogen-bond donors (Lipinski definition) is 1. The topological polar surface area (TPSA) is 63.1 Å². The van der Waals surface area contributed by atoms with Crippen molar-refractivity contribution in [1.29, 1.82) is 5.26 Å². The second kappa shape index (κ2) is 6.17. The molecule has 0 radical (unpaired) electrons. The highest BCUT2D eigenvalue weighted by Gasteiger charge is 2.23. The minimum atomic E-state index is -0.0108. The Bertz CT molecular complexity index is 764. The van der Waals surface area contributed by atoms with Gasteiger partial charge in [0.15, 0.2) is 0 Å². The standard InChI is InChI=1S/C18H20N4O/c1-13-4-3-5-17(14(13)2)21-6-8-22(9-7-21)18(23)15-10-16(11-19)20-12-15/h3-5,10,12,20H,6-9H2,1-2H3. The Morgan fingerprint density at radius 3 is 2.61 bits per heavy atom. The normalized spacial score (nSPS) is 14.7. The van der Waals surface area contributed by atoms with E-state index in [9.17, 15) is 4.79 Å². The fourth-order valence-corrected chi connectivity index (χ4v) is 2.99. The summed E-state index contributed by atoms with van der Waals surface area (Å²) in [7, 11) is 0. The molecule has 1 aromatic carbocycles. The highest BCUT2D eigenvalue weighted by Crippen LogP contribution is 2.24. The van der Waals surface area contributed by atoms with Gasteiger partial charge in [-0.2, -0.15) is 5.26 Å². The van der Waals surface area contributed by atoms with Crippen LogP contribution in [0.2, 0.25) is 0 Å². The molecule has 1 amide bonds. The third-order valence-corrected chi connectivity index (χ3v) is 4.53. The van der Waals surface area contributed by atoms with Crippen LogP contribution >= 0.6 is 0 Å². The Kier molecular flexibility index (Phi) is 4.07. The summed E-state index contributed by atoms with van der Waals surface area (Å²) in [6.45, 7) is 7.30. The maximum atomic E-state index is 12.5. The van der Waals surface area contributed by atoms with Crippen molar-refractivity contribution in [2.75, 3.05) is 31.1 Å². The van der Waals surface area contributed by atoms with Gasteiger partial charge in [-0.1, -0.05) is 12.1 Å². The molecule has 2 aromatic rings. The minimum Gasteiger partial charge on any atom is -0.368 e. The first kappa shape index (κ1) is 15.2. The summed E-state index contributed by atoms with van der Waals surface area (Å²) >= 11 is 0. The van der Waals surface area contributed by atoms with E-state index in [2.05, 4.69) is 41.9 Å². The second-order valence-corrected chi connectivity index (χ2v) is 5.91. The number of aryl methyl sites for hydroxylation is 1. The smallest absolute Gasteiger partial charge is 0.255 e. The Morgan fingerprint density at radius 1 is 1.22 bits per heavy atom. The van der Waals surface area contributed by atoms with Crippen molar-refractivity contribution in [3.05, 3.63) is 52.8 Å². The van der Waals surface area contributed by atoms with Gasteiger partial charge < -0.3 is 14.8 Å². The number of aromatic nitrogens is 1. The molecular weight excluding hydrogens is 288 g/mol. The summed E-state index contributed by atoms with van der Waals surface area (Å²) in [5, 5.41) is 8.84. The highest BCUT2D eigenvalue weighted by atomic mass is 16.2. The van der Waals surface area contributed by atoms with Gasteiger partial charge in [-0.05, 0) is 37.1 Å². The summed E-state index contributed by atoms with van der Waals surface area (Å²) in [4.78, 5) is 19.5. The van der Waals surface area contributed by atoms with Crippen LogP contribution in [0.4, 0.5) is 5.69 Å². The number of benzene rings is 1. The van der Waals surface area contributed by atoms with E-state index in [-0.39, 0.29) is 5.91 Å². The fraction of sp³-hybridized carbons (Fsp3) is 0.333. The molecule has 1 aliphatic rings. The lowest BCUT2D eigenvalue weighted by molar-refractivity contribution is 0.0747. The van der Waals surface area contributed by atoms with Crippen LogP contribution in [-0.2, 0) is 0 Å². The summed E-state index contributed by atoms with van der Waals surface area (Å²) in [6.07, 6.45) is 1.61. The van der Waals surface area contributed by atoms with E-state index in [0.29, 0.717) is 24.3 Å². The van der Waals surface area contributed by atoms with Crippen molar-refractivity contribution in [2.24, 2.45) is 0 Å². The first-order valence-electron chi connectivity index (χ1n) is 7.79. The Balaban J connectivity index is 1.67. The van der Waals surface area contributed by atoms with Crippen molar-refractivity contribution in [2.45, 2.75) is 13.8 Å². The van der Waals surface area contributed by atoms with Crippen molar-refractivity contribution >= 4 is 11.6 Å². The summed E-state index contributed by atoms with van der Waals surface area (Å²) < 4.78 is 0. The minimum absolute atomic E-state index is 0.0108. The van der Waals surface area contributed by atoms with Crippen LogP contribution in [0.1, 0.15) is 27.2 Å². The Morgan fingerprint density at radius 2 is 1.96 bits per heavy atom. The molecule has 1 fully saturated rings. The molecule has 0 aliphatic carbocycles. The van der Waals surface area contributed by atoms with E-state index in [1.807, 2.05) is 11.0 Å². The predicted molar refractivity (Wildman–Crippen MR) is 89.5 cm³/mol. The van der Waals surface area contributed by atoms with Gasteiger partial charge in [0.05, 0.1) is 5.56 Å². The average molecular weight is 308 g/mol. The van der Waals surface area contributed by atoms with Crippen molar-refractivity contribution < 1.29 is 4.79 Å². The van der Waals surface area contributed by atoms with E-state index < -0.39 is 0 Å². The van der Waals surface area contributed by atoms with Gasteiger partial charge in [0.2, 0.25) is 0 Å². The molecule has 1 saturated heterocycles. The fourth-order valence-electron chi connectivity index (χ4n) is 2.99. The zero-order valence-corrected chi connectivity index (χ0v) is 13.5. The van der Waals surface area contributed by atoms with Crippen molar-refractivity contribution in [3.63, 3.8) is 0 Å². The molecule has 5 nitrogen and oxygen atoms in total. The molecule has 1 aromatic heterocycles. The van der Waals surface area contributed by atoms with Gasteiger partial charge in [-0.15, -0.1) is 0 Å². The van der Waals surface area contributed by atoms with Crippen LogP contribution in [0, 0.1) is 25.2 Å². The maximum absolute atomic E-state index is 12.5. The molecule has 0 spiro atoms. The van der Waals surface area contributed by atoms with Crippen LogP contribution in [0.5, 0.6) is 0 Å². The van der Waals surface area contributed by atoms with Gasteiger partial charge in [0.25, 0.3) is 5.91 Å². The van der Waals surface area contributed by atoms with Crippen LogP contribution in [0.25, 0.3) is 0 Å². The first-order chi connectivity index (χ1) is 11.1. The molecule has 3 rings (SSSR count). The largest absolute Gasteiger partial charge is 0.368 e. The number of H-pyrrole nitrogens is 1. The molecular formula is C18H20N4O. The number of nitrogens with zero attached hydrogens (tertiary/aromatic N) is 3. The number of rotatable bonds is 2. The molecule has 0 atom stereocenters. The third-order valence-electron chi connectivity index (χ3n) is 4.53. The molecule has 23 heavy (non-hydrogen) atoms. The summed E-state index contributed by atoms with van der Waals surface area (Å²) in [6, 6.07) is 9.97. The number of nitrogens with one attached hydrogen (secondary N) is 1. The molecule has 2 heterocycles. The molecule has 118 valence electrons. The van der Waals surface area contributed by atoms with E-state index in [4.69, 9.17) is 5.26 Å². The number of hydrogen-bond acceptors (Lipinski definition) is 3. The summed E-state index contributed by atoms with van der Waals surface area (Å²) in [5.74, 6) is -0.0108. The molecule has 0 unspecified atom stereocenters. The van der Waals surface area contributed by atoms with E-state index in [1.54, 1.807) is 12.3 Å². The number of carbonyl (C=O) groups is 1. The lowest BCUT2D eigenvalue weighted by atomic mass is 10.1. The maximum Gasteiger partial charge on any atom is 0.255 e. The number of nitriles is 1. The highest BCUT2D eigenvalue weighted by molar-refractivity contribution is 5.94. The zero-order valence-electron chi connectivity index (χ0n) is 13.5.